The van der Waals surface area contributed by atoms with Crippen molar-refractivity contribution >= 4 is 34.3 Å². The van der Waals surface area contributed by atoms with Crippen LogP contribution in [0.2, 0.25) is 0 Å². The number of carboxylic acid groups (broad SMARTS) is 1. The zero-order chi connectivity index (χ0) is 33.7. The van der Waals surface area contributed by atoms with Crippen LogP contribution in [-0.2, 0) is 55.5 Å². The normalized spacial score (nSPS) is 14.4. The van der Waals surface area contributed by atoms with Gasteiger partial charge in [0.05, 0.1) is 12.7 Å². The number of aliphatic carboxylic acids is 1. The summed E-state index contributed by atoms with van der Waals surface area (Å²) in [7, 11) is 2.28. The molecule has 16 heteroatoms. The third-order valence-corrected chi connectivity index (χ3v) is 5.06. The van der Waals surface area contributed by atoms with Crippen LogP contribution in [0.3, 0.4) is 0 Å². The van der Waals surface area contributed by atoms with Gasteiger partial charge in [0.15, 0.2) is 22.3 Å². The lowest BCUT2D eigenvalue weighted by atomic mass is 10.2. The van der Waals surface area contributed by atoms with Crippen molar-refractivity contribution in [1.29, 1.82) is 0 Å². The second-order valence-corrected chi connectivity index (χ2v) is 9.03. The smallest absolute Gasteiger partial charge is 0.332 e. The average Bonchev–Trinajstić information content (AvgIpc) is 3.42. The summed E-state index contributed by atoms with van der Waals surface area (Å²) in [5.74, 6) is -1.84. The number of esters is 1. The standard InChI is InChI=1S/C13H18N4O4.C9H10N4O4/c1-13(2,3)21-8(18)6-17-7-14-10-9(17)11(19)16(5)12(20)15(10)4;1-11-7-6(8(16)12(2)9(11)17)13(4-10-7)3-5(14)15/h7H,6H2,1-5H3;4H,3H2,1-2H3,(H,14,15)/i4D3;1D3. The Morgan fingerprint density at radius 3 is 1.63 bits per heavy atom. The van der Waals surface area contributed by atoms with E-state index in [-0.39, 0.29) is 28.9 Å². The molecule has 0 unspecified atom stereocenters. The van der Waals surface area contributed by atoms with Crippen LogP contribution >= 0.6 is 0 Å². The summed E-state index contributed by atoms with van der Waals surface area (Å²) in [5.41, 5.74) is -5.35. The summed E-state index contributed by atoms with van der Waals surface area (Å²) < 4.78 is 53.9. The third-order valence-electron chi connectivity index (χ3n) is 5.06. The number of nitrogens with zero attached hydrogens (tertiary/aromatic N) is 8. The molecule has 0 saturated heterocycles. The number of aromatic nitrogens is 8. The number of carbonyl (C=O) groups excluding carboxylic acids is 1. The van der Waals surface area contributed by atoms with Crippen molar-refractivity contribution < 1.29 is 27.7 Å². The van der Waals surface area contributed by atoms with Crippen LogP contribution in [0.1, 0.15) is 29.0 Å². The topological polar surface area (TPSA) is 187 Å². The predicted octanol–water partition coefficient (Wildman–Crippen LogP) is -1.71. The van der Waals surface area contributed by atoms with Crippen molar-refractivity contribution in [1.82, 2.24) is 37.4 Å². The summed E-state index contributed by atoms with van der Waals surface area (Å²) >= 11 is 0. The predicted molar refractivity (Wildman–Crippen MR) is 134 cm³/mol. The van der Waals surface area contributed by atoms with Crippen LogP contribution in [-0.4, -0.2) is 60.0 Å². The van der Waals surface area contributed by atoms with Crippen molar-refractivity contribution in [2.45, 2.75) is 39.5 Å². The molecule has 0 aliphatic heterocycles. The molecule has 204 valence electrons. The number of hydrogen-bond acceptors (Lipinski definition) is 9. The maximum Gasteiger partial charge on any atom is 0.332 e. The van der Waals surface area contributed by atoms with E-state index in [9.17, 15) is 28.8 Å². The Hall–Kier alpha value is -4.76. The van der Waals surface area contributed by atoms with Gasteiger partial charge >= 0.3 is 23.3 Å². The summed E-state index contributed by atoms with van der Waals surface area (Å²) in [6.45, 7) is -1.45. The van der Waals surface area contributed by atoms with E-state index in [2.05, 4.69) is 9.97 Å². The Balaban J connectivity index is 0.000000244. The van der Waals surface area contributed by atoms with Crippen molar-refractivity contribution in [2.24, 2.45) is 28.0 Å². The fraction of sp³-hybridized carbons (Fsp3) is 0.455. The van der Waals surface area contributed by atoms with Gasteiger partial charge in [0.25, 0.3) is 11.1 Å². The van der Waals surface area contributed by atoms with Gasteiger partial charge in [0.1, 0.15) is 18.7 Å². The molecule has 0 amide bonds. The molecule has 0 aliphatic rings. The second kappa shape index (κ2) is 9.95. The molecule has 0 aromatic carbocycles. The van der Waals surface area contributed by atoms with Gasteiger partial charge in [0, 0.05) is 36.3 Å². The number of carboxylic acids is 1. The lowest BCUT2D eigenvalue weighted by Gasteiger charge is -2.19. The van der Waals surface area contributed by atoms with Gasteiger partial charge in [-0.15, -0.1) is 0 Å². The van der Waals surface area contributed by atoms with E-state index in [1.54, 1.807) is 20.8 Å². The minimum absolute atomic E-state index is 0.154. The highest BCUT2D eigenvalue weighted by atomic mass is 16.6. The quantitative estimate of drug-likeness (QED) is 0.293. The lowest BCUT2D eigenvalue weighted by molar-refractivity contribution is -0.155. The van der Waals surface area contributed by atoms with Crippen molar-refractivity contribution in [3.8, 4) is 0 Å². The van der Waals surface area contributed by atoms with Crippen molar-refractivity contribution in [3.63, 3.8) is 0 Å². The molecule has 16 nitrogen and oxygen atoms in total. The van der Waals surface area contributed by atoms with Gasteiger partial charge in [-0.05, 0) is 20.8 Å². The Kier molecular flexibility index (Phi) is 5.32. The first-order valence-electron chi connectivity index (χ1n) is 13.8. The van der Waals surface area contributed by atoms with E-state index in [0.717, 1.165) is 31.3 Å². The summed E-state index contributed by atoms with van der Waals surface area (Å²) in [5, 5.41) is 8.75. The van der Waals surface area contributed by atoms with Crippen LogP contribution in [0.25, 0.3) is 22.3 Å². The van der Waals surface area contributed by atoms with E-state index in [1.807, 2.05) is 0 Å². The highest BCUT2D eigenvalue weighted by Crippen LogP contribution is 2.10. The monoisotopic (exact) mass is 538 g/mol. The molecule has 4 aromatic heterocycles. The van der Waals surface area contributed by atoms with Gasteiger partial charge in [0.2, 0.25) is 0 Å². The maximum atomic E-state index is 12.3. The third kappa shape index (κ3) is 5.18. The van der Waals surface area contributed by atoms with Crippen molar-refractivity contribution in [3.05, 3.63) is 54.3 Å². The number of carbonyl (C=O) groups is 2. The fourth-order valence-electron chi connectivity index (χ4n) is 3.38. The first-order chi connectivity index (χ1) is 20.0. The number of hydrogen-bond donors (Lipinski definition) is 1. The molecule has 38 heavy (non-hydrogen) atoms. The molecular weight excluding hydrogens is 504 g/mol. The van der Waals surface area contributed by atoms with E-state index in [4.69, 9.17) is 18.1 Å². The zero-order valence-corrected chi connectivity index (χ0v) is 21.0. The molecule has 0 bridgehead atoms. The molecule has 0 fully saturated rings. The van der Waals surface area contributed by atoms with Gasteiger partial charge in [-0.25, -0.2) is 19.6 Å². The molecule has 4 aromatic rings. The van der Waals surface area contributed by atoms with Gasteiger partial charge in [-0.3, -0.25) is 37.4 Å². The van der Waals surface area contributed by atoms with Crippen molar-refractivity contribution in [2.75, 3.05) is 0 Å². The molecule has 0 saturated carbocycles. The van der Waals surface area contributed by atoms with E-state index >= 15 is 0 Å². The van der Waals surface area contributed by atoms with E-state index in [0.29, 0.717) is 18.3 Å². The van der Waals surface area contributed by atoms with Crippen LogP contribution in [0, 0.1) is 0 Å². The van der Waals surface area contributed by atoms with Crippen LogP contribution in [0.4, 0.5) is 0 Å². The Labute approximate surface area is 222 Å². The molecule has 0 radical (unpaired) electrons. The molecule has 0 spiro atoms. The highest BCUT2D eigenvalue weighted by Gasteiger charge is 2.20. The van der Waals surface area contributed by atoms with Gasteiger partial charge in [-0.1, -0.05) is 0 Å². The lowest BCUT2D eigenvalue weighted by Crippen LogP contribution is -2.38. The first-order valence-corrected chi connectivity index (χ1v) is 10.8. The van der Waals surface area contributed by atoms with Crippen LogP contribution < -0.4 is 22.5 Å². The molecule has 4 heterocycles. The van der Waals surface area contributed by atoms with Gasteiger partial charge < -0.3 is 19.0 Å². The summed E-state index contributed by atoms with van der Waals surface area (Å²) in [6.07, 6.45) is 2.15. The molecule has 0 aliphatic carbocycles. The summed E-state index contributed by atoms with van der Waals surface area (Å²) in [4.78, 5) is 78.5. The highest BCUT2D eigenvalue weighted by molar-refractivity contribution is 5.75. The minimum atomic E-state index is -2.83. The number of rotatable bonds is 4. The Morgan fingerprint density at radius 1 is 0.842 bits per heavy atom. The van der Waals surface area contributed by atoms with Crippen LogP contribution in [0.15, 0.2) is 31.8 Å². The second-order valence-electron chi connectivity index (χ2n) is 9.03. The maximum absolute atomic E-state index is 12.3. The largest absolute Gasteiger partial charge is 0.480 e. The van der Waals surface area contributed by atoms with Gasteiger partial charge in [-0.2, -0.15) is 0 Å². The number of aryl methyl sites for hydroxylation is 2. The number of fused-ring (bicyclic) bond motifs is 2. The zero-order valence-electron chi connectivity index (χ0n) is 27.0. The molecule has 1 N–H and O–H groups in total. The molecule has 4 rings (SSSR count). The van der Waals surface area contributed by atoms with E-state index in [1.165, 1.54) is 4.57 Å². The summed E-state index contributed by atoms with van der Waals surface area (Å²) in [6, 6.07) is 0. The Morgan fingerprint density at radius 2 is 1.26 bits per heavy atom. The SMILES string of the molecule is [2H]C([2H])([2H])n1c(=O)n(C)c(=O)c2c1ncn2CC(=O)O.[2H]C([2H])([2H])n1c(=O)n(C)c(=O)c2c1ncn2CC(=O)OC(C)(C)C. The first kappa shape index (κ1) is 20.3. The molecule has 0 atom stereocenters. The molecular formula is C22H28N8O8. The van der Waals surface area contributed by atoms with Crippen LogP contribution in [0.5, 0.6) is 0 Å². The van der Waals surface area contributed by atoms with E-state index < -0.39 is 60.5 Å². The fourth-order valence-corrected chi connectivity index (χ4v) is 3.38. The number of imidazole rings is 2. The minimum Gasteiger partial charge on any atom is -0.480 e. The number of ether oxygens (including phenoxy) is 1. The average molecular weight is 539 g/mol. The Bertz CT molecular complexity index is 2020.